The number of ether oxygens (including phenoxy) is 1. The topological polar surface area (TPSA) is 105 Å². The molecule has 0 radical (unpaired) electrons. The van der Waals surface area contributed by atoms with E-state index in [1.807, 2.05) is 68.4 Å². The molecule has 4 atom stereocenters. The minimum Gasteiger partial charge on any atom is -0.469 e. The average molecular weight is 549 g/mol. The van der Waals surface area contributed by atoms with Crippen LogP contribution in [0.5, 0.6) is 5.75 Å². The summed E-state index contributed by atoms with van der Waals surface area (Å²) in [5, 5.41) is 9.69. The molecule has 4 aromatic rings. The zero-order valence-electron chi connectivity index (χ0n) is 23.2. The van der Waals surface area contributed by atoms with Crippen LogP contribution in [0.3, 0.4) is 0 Å². The number of carbonyl (C=O) groups excluding carboxylic acids is 2. The van der Waals surface area contributed by atoms with Gasteiger partial charge in [0.15, 0.2) is 12.0 Å². The maximum absolute atomic E-state index is 13.7. The van der Waals surface area contributed by atoms with Crippen LogP contribution < -0.4 is 20.7 Å². The van der Waals surface area contributed by atoms with Crippen molar-refractivity contribution in [2.75, 3.05) is 5.32 Å². The highest BCUT2D eigenvalue weighted by Crippen LogP contribution is 2.59. The van der Waals surface area contributed by atoms with Gasteiger partial charge in [-0.05, 0) is 29.2 Å². The van der Waals surface area contributed by atoms with Gasteiger partial charge in [0.25, 0.3) is 0 Å². The highest BCUT2D eigenvalue weighted by Gasteiger charge is 2.60. The fraction of sp³-hybridized carbons (Fsp3) is 0.303. The van der Waals surface area contributed by atoms with Crippen LogP contribution in [0.4, 0.5) is 5.69 Å². The van der Waals surface area contributed by atoms with E-state index in [1.165, 1.54) is 0 Å². The molecule has 208 valence electrons. The molecule has 0 fully saturated rings. The Morgan fingerprint density at radius 1 is 1.05 bits per heavy atom. The van der Waals surface area contributed by atoms with Gasteiger partial charge in [-0.3, -0.25) is 9.59 Å². The summed E-state index contributed by atoms with van der Waals surface area (Å²) < 4.78 is 13.5. The molecule has 1 aromatic heterocycles. The van der Waals surface area contributed by atoms with Gasteiger partial charge in [0.2, 0.25) is 17.7 Å². The Bertz CT molecular complexity index is 1660. The Hall–Kier alpha value is -4.59. The Labute approximate surface area is 238 Å². The number of rotatable bonds is 4. The minimum atomic E-state index is -0.828. The van der Waals surface area contributed by atoms with Gasteiger partial charge >= 0.3 is 0 Å². The number of anilines is 1. The van der Waals surface area contributed by atoms with E-state index in [9.17, 15) is 9.59 Å². The van der Waals surface area contributed by atoms with Gasteiger partial charge in [-0.15, -0.1) is 0 Å². The van der Waals surface area contributed by atoms with Crippen molar-refractivity contribution in [3.8, 4) is 17.0 Å². The number of hydrogen-bond acceptors (Lipinski definition) is 6. The fourth-order valence-corrected chi connectivity index (χ4v) is 6.39. The van der Waals surface area contributed by atoms with Crippen molar-refractivity contribution in [2.24, 2.45) is 5.92 Å². The van der Waals surface area contributed by atoms with Gasteiger partial charge in [0, 0.05) is 29.7 Å². The van der Waals surface area contributed by atoms with Crippen LogP contribution >= 0.6 is 0 Å². The molecule has 2 amide bonds. The van der Waals surface area contributed by atoms with Gasteiger partial charge in [-0.1, -0.05) is 81.4 Å². The van der Waals surface area contributed by atoms with Crippen molar-refractivity contribution in [1.29, 1.82) is 0 Å². The van der Waals surface area contributed by atoms with Crippen LogP contribution in [0.2, 0.25) is 0 Å². The molecule has 8 nitrogen and oxygen atoms in total. The third-order valence-electron chi connectivity index (χ3n) is 8.44. The summed E-state index contributed by atoms with van der Waals surface area (Å²) >= 11 is 0. The second-order valence-electron chi connectivity index (χ2n) is 11.3. The molecule has 7 rings (SSSR count). The highest BCUT2D eigenvalue weighted by atomic mass is 16.5. The zero-order chi connectivity index (χ0) is 28.3. The van der Waals surface area contributed by atoms with E-state index in [-0.39, 0.29) is 24.2 Å². The zero-order valence-corrected chi connectivity index (χ0v) is 23.2. The fourth-order valence-electron chi connectivity index (χ4n) is 6.39. The van der Waals surface area contributed by atoms with E-state index in [0.717, 1.165) is 33.7 Å². The standard InChI is InChI=1S/C33H32N4O4/c1-4-26(38)34-24-17-19-14-15-25-22(16-19)33(21-12-8-9-13-23(21)35-32(33)40-25)29-28(20-10-6-5-7-11-20)37-31(41-29)27(18(2)3)36-30(24)39/h5-16,18,24,27,32,35H,4,17H2,1-3H3,(H,34,38)(H,36,39)/t24-,27-,32?,33-/m0/s1. The first kappa shape index (κ1) is 25.4. The number of fused-ring (bicyclic) bond motifs is 4. The Morgan fingerprint density at radius 3 is 2.61 bits per heavy atom. The molecular formula is C33H32N4O4. The number of aromatic nitrogens is 1. The minimum absolute atomic E-state index is 0.0324. The lowest BCUT2D eigenvalue weighted by atomic mass is 9.72. The molecule has 3 aromatic carbocycles. The van der Waals surface area contributed by atoms with Crippen molar-refractivity contribution in [1.82, 2.24) is 15.6 Å². The number of hydrogen-bond donors (Lipinski definition) is 3. The number of carbonyl (C=O) groups is 2. The van der Waals surface area contributed by atoms with E-state index in [2.05, 4.69) is 34.1 Å². The van der Waals surface area contributed by atoms with Gasteiger partial charge in [0.05, 0.1) is 0 Å². The number of nitrogens with one attached hydrogen (secondary N) is 3. The molecule has 1 unspecified atom stereocenters. The molecule has 3 N–H and O–H groups in total. The Kier molecular flexibility index (Phi) is 5.89. The van der Waals surface area contributed by atoms with E-state index in [0.29, 0.717) is 23.8 Å². The predicted octanol–water partition coefficient (Wildman–Crippen LogP) is 5.08. The number of oxazole rings is 1. The normalized spacial score (nSPS) is 23.8. The average Bonchev–Trinajstić information content (AvgIpc) is 3.64. The molecule has 41 heavy (non-hydrogen) atoms. The first-order valence-electron chi connectivity index (χ1n) is 14.2. The van der Waals surface area contributed by atoms with Gasteiger partial charge in [-0.2, -0.15) is 0 Å². The Morgan fingerprint density at radius 2 is 1.83 bits per heavy atom. The summed E-state index contributed by atoms with van der Waals surface area (Å²) in [5.41, 5.74) is 4.66. The summed E-state index contributed by atoms with van der Waals surface area (Å²) in [6.07, 6.45) is 0.161. The summed E-state index contributed by atoms with van der Waals surface area (Å²) in [6, 6.07) is 22.9. The summed E-state index contributed by atoms with van der Waals surface area (Å²) in [4.78, 5) is 31.3. The van der Waals surface area contributed by atoms with Gasteiger partial charge in [0.1, 0.15) is 28.9 Å². The number of nitrogens with zero attached hydrogens (tertiary/aromatic N) is 1. The van der Waals surface area contributed by atoms with E-state index < -0.39 is 23.7 Å². The molecule has 0 saturated heterocycles. The highest BCUT2D eigenvalue weighted by molar-refractivity contribution is 5.88. The van der Waals surface area contributed by atoms with Crippen LogP contribution in [0.25, 0.3) is 11.3 Å². The van der Waals surface area contributed by atoms with Crippen LogP contribution in [-0.4, -0.2) is 29.1 Å². The van der Waals surface area contributed by atoms with Crippen molar-refractivity contribution in [3.63, 3.8) is 0 Å². The van der Waals surface area contributed by atoms with Crippen LogP contribution in [0.1, 0.15) is 61.6 Å². The summed E-state index contributed by atoms with van der Waals surface area (Å²) in [6.45, 7) is 5.82. The van der Waals surface area contributed by atoms with E-state index >= 15 is 0 Å². The molecular weight excluding hydrogens is 516 g/mol. The van der Waals surface area contributed by atoms with Crippen molar-refractivity contribution in [2.45, 2.75) is 57.3 Å². The molecule has 4 heterocycles. The quantitative estimate of drug-likeness (QED) is 0.328. The first-order valence-corrected chi connectivity index (χ1v) is 14.2. The van der Waals surface area contributed by atoms with E-state index in [4.69, 9.17) is 14.1 Å². The smallest absolute Gasteiger partial charge is 0.243 e. The van der Waals surface area contributed by atoms with Crippen LogP contribution in [-0.2, 0) is 21.4 Å². The molecule has 0 aliphatic carbocycles. The summed E-state index contributed by atoms with van der Waals surface area (Å²) in [7, 11) is 0. The molecule has 8 heteroatoms. The lowest BCUT2D eigenvalue weighted by molar-refractivity contribution is -0.129. The van der Waals surface area contributed by atoms with Gasteiger partial charge in [-0.25, -0.2) is 4.98 Å². The molecule has 3 aliphatic heterocycles. The largest absolute Gasteiger partial charge is 0.469 e. The third-order valence-corrected chi connectivity index (χ3v) is 8.44. The molecule has 4 bridgehead atoms. The monoisotopic (exact) mass is 548 g/mol. The van der Waals surface area contributed by atoms with Crippen molar-refractivity contribution < 1.29 is 18.7 Å². The molecule has 0 saturated carbocycles. The number of benzene rings is 3. The Balaban J connectivity index is 1.54. The third kappa shape index (κ3) is 3.84. The summed E-state index contributed by atoms with van der Waals surface area (Å²) in [5.74, 6) is 1.35. The van der Waals surface area contributed by atoms with Crippen molar-refractivity contribution >= 4 is 17.5 Å². The van der Waals surface area contributed by atoms with Crippen LogP contribution in [0, 0.1) is 5.92 Å². The van der Waals surface area contributed by atoms with Crippen molar-refractivity contribution in [3.05, 3.63) is 101 Å². The molecule has 3 aliphatic rings. The lowest BCUT2D eigenvalue weighted by Gasteiger charge is -2.29. The number of amides is 2. The first-order chi connectivity index (χ1) is 19.9. The maximum Gasteiger partial charge on any atom is 0.243 e. The SMILES string of the molecule is CCC(=O)N[C@H]1Cc2ccc3c(c2)[C@@]2(c4ccccc4NC2O3)c2oc(nc2-c2ccccc2)[C@H](C(C)C)NC1=O. The second kappa shape index (κ2) is 9.51. The maximum atomic E-state index is 13.7. The number of para-hydroxylation sites is 1. The lowest BCUT2D eigenvalue weighted by Crippen LogP contribution is -2.49. The van der Waals surface area contributed by atoms with Crippen LogP contribution in [0.15, 0.2) is 77.2 Å². The predicted molar refractivity (Wildman–Crippen MR) is 154 cm³/mol. The van der Waals surface area contributed by atoms with Gasteiger partial charge < -0.3 is 25.1 Å². The van der Waals surface area contributed by atoms with E-state index in [1.54, 1.807) is 6.92 Å². The second-order valence-corrected chi connectivity index (χ2v) is 11.3. The molecule has 1 spiro atoms.